The van der Waals surface area contributed by atoms with E-state index in [9.17, 15) is 14.7 Å². The quantitative estimate of drug-likeness (QED) is 0.698. The number of carbonyl (C=O) groups excluding carboxylic acids is 2. The van der Waals surface area contributed by atoms with Crippen molar-refractivity contribution in [2.75, 3.05) is 6.61 Å². The molecule has 0 radical (unpaired) electrons. The van der Waals surface area contributed by atoms with Crippen LogP contribution in [-0.4, -0.2) is 40.5 Å². The Morgan fingerprint density at radius 1 is 1.29 bits per heavy atom. The van der Waals surface area contributed by atoms with Crippen LogP contribution in [-0.2, 0) is 9.59 Å². The molecule has 3 fully saturated rings. The second kappa shape index (κ2) is 6.21. The fourth-order valence-electron chi connectivity index (χ4n) is 7.29. The summed E-state index contributed by atoms with van der Waals surface area (Å²) in [6.07, 6.45) is 2.20. The van der Waals surface area contributed by atoms with Crippen molar-refractivity contribution in [3.8, 4) is 0 Å². The SMILES string of the molecule is C[C@@H]1C[C@H]2[C@@H]3C[C@H](F)C4=CC(=O)C=C[C@]4(C)[C@@]3(Cl)[C@@H](F)C[C@]2(C)[C@H]1C(=O)CO. The molecule has 0 aromatic heterocycles. The molecule has 3 saturated carbocycles. The van der Waals surface area contributed by atoms with Gasteiger partial charge in [-0.1, -0.05) is 26.8 Å². The molecule has 6 heteroatoms. The van der Waals surface area contributed by atoms with Crippen LogP contribution >= 0.6 is 11.6 Å². The molecule has 3 nitrogen and oxygen atoms in total. The van der Waals surface area contributed by atoms with E-state index in [4.69, 9.17) is 11.6 Å². The smallest absolute Gasteiger partial charge is 0.178 e. The second-order valence-electron chi connectivity index (χ2n) is 9.71. The fourth-order valence-corrected chi connectivity index (χ4v) is 7.78. The third kappa shape index (κ3) is 2.29. The highest BCUT2D eigenvalue weighted by Crippen LogP contribution is 2.71. The predicted octanol–water partition coefficient (Wildman–Crippen LogP) is 3.98. The molecular weight excluding hydrogens is 386 g/mol. The van der Waals surface area contributed by atoms with E-state index in [1.54, 1.807) is 13.0 Å². The highest BCUT2D eigenvalue weighted by Gasteiger charge is 2.72. The van der Waals surface area contributed by atoms with Crippen molar-refractivity contribution in [3.05, 3.63) is 23.8 Å². The number of aliphatic hydroxyl groups excluding tert-OH is 1. The maximum Gasteiger partial charge on any atom is 0.178 e. The van der Waals surface area contributed by atoms with Crippen molar-refractivity contribution in [1.82, 2.24) is 0 Å². The lowest BCUT2D eigenvalue weighted by Crippen LogP contribution is -2.66. The number of fused-ring (bicyclic) bond motifs is 5. The van der Waals surface area contributed by atoms with Gasteiger partial charge in [-0.3, -0.25) is 9.59 Å². The molecule has 9 atom stereocenters. The van der Waals surface area contributed by atoms with E-state index in [1.165, 1.54) is 12.2 Å². The number of allylic oxidation sites excluding steroid dienone is 4. The van der Waals surface area contributed by atoms with Gasteiger partial charge in [0.15, 0.2) is 11.6 Å². The summed E-state index contributed by atoms with van der Waals surface area (Å²) < 4.78 is 31.2. The molecule has 0 aromatic carbocycles. The number of aliphatic hydroxyl groups is 1. The van der Waals surface area contributed by atoms with Crippen molar-refractivity contribution in [2.24, 2.45) is 34.5 Å². The Morgan fingerprint density at radius 2 is 1.96 bits per heavy atom. The first-order valence-corrected chi connectivity index (χ1v) is 10.4. The third-order valence-corrected chi connectivity index (χ3v) is 9.34. The Labute approximate surface area is 169 Å². The molecule has 0 spiro atoms. The molecule has 0 aromatic rings. The topological polar surface area (TPSA) is 54.4 Å². The van der Waals surface area contributed by atoms with Crippen molar-refractivity contribution in [2.45, 2.75) is 57.3 Å². The number of alkyl halides is 3. The van der Waals surface area contributed by atoms with E-state index < -0.39 is 46.5 Å². The van der Waals surface area contributed by atoms with E-state index in [0.29, 0.717) is 6.42 Å². The summed E-state index contributed by atoms with van der Waals surface area (Å²) in [5.41, 5.74) is -1.48. The summed E-state index contributed by atoms with van der Waals surface area (Å²) in [7, 11) is 0. The Hall–Kier alpha value is -1.07. The van der Waals surface area contributed by atoms with Gasteiger partial charge in [0.25, 0.3) is 0 Å². The van der Waals surface area contributed by atoms with Gasteiger partial charge in [0.2, 0.25) is 0 Å². The highest BCUT2D eigenvalue weighted by molar-refractivity contribution is 6.26. The lowest BCUT2D eigenvalue weighted by molar-refractivity contribution is -0.136. The zero-order valence-electron chi connectivity index (χ0n) is 16.4. The van der Waals surface area contributed by atoms with Gasteiger partial charge in [-0.05, 0) is 60.2 Å². The Bertz CT molecular complexity index is 795. The van der Waals surface area contributed by atoms with Gasteiger partial charge in [-0.15, -0.1) is 11.6 Å². The van der Waals surface area contributed by atoms with Crippen LogP contribution in [0.1, 0.15) is 40.0 Å². The molecule has 0 unspecified atom stereocenters. The highest BCUT2D eigenvalue weighted by atomic mass is 35.5. The monoisotopic (exact) mass is 412 g/mol. The van der Waals surface area contributed by atoms with Crippen LogP contribution in [0.2, 0.25) is 0 Å². The molecule has 0 saturated heterocycles. The zero-order chi connectivity index (χ0) is 20.6. The summed E-state index contributed by atoms with van der Waals surface area (Å²) in [4.78, 5) is 23.0. The lowest BCUT2D eigenvalue weighted by Gasteiger charge is -2.63. The Kier molecular flexibility index (Phi) is 4.49. The molecular formula is C22H27ClF2O3. The molecule has 0 heterocycles. The van der Waals surface area contributed by atoms with Crippen LogP contribution < -0.4 is 0 Å². The molecule has 28 heavy (non-hydrogen) atoms. The van der Waals surface area contributed by atoms with Crippen LogP contribution in [0, 0.1) is 34.5 Å². The van der Waals surface area contributed by atoms with Gasteiger partial charge in [-0.25, -0.2) is 8.78 Å². The molecule has 4 aliphatic rings. The molecule has 4 rings (SSSR count). The molecule has 4 aliphatic carbocycles. The maximum absolute atomic E-state index is 15.9. The summed E-state index contributed by atoms with van der Waals surface area (Å²) in [5, 5.41) is 9.45. The van der Waals surface area contributed by atoms with Crippen LogP contribution in [0.15, 0.2) is 23.8 Å². The summed E-state index contributed by atoms with van der Waals surface area (Å²) in [6.45, 7) is 5.03. The number of hydrogen-bond acceptors (Lipinski definition) is 3. The van der Waals surface area contributed by atoms with E-state index in [2.05, 4.69) is 0 Å². The minimum atomic E-state index is -1.46. The van der Waals surface area contributed by atoms with Crippen LogP contribution in [0.3, 0.4) is 0 Å². The standard InChI is InChI=1S/C22H27ClF2O3/c1-11-6-13-14-8-16(24)15-7-12(27)4-5-21(15,3)22(14,23)18(25)9-20(13,2)19(11)17(28)10-26/h4-5,7,11,13-14,16,18-19,26H,6,8-10H2,1-3H3/t11-,13+,14+,16+,18+,19-,20+,21+,22+/m1/s1. The average molecular weight is 413 g/mol. The largest absolute Gasteiger partial charge is 0.389 e. The zero-order valence-corrected chi connectivity index (χ0v) is 17.2. The minimum Gasteiger partial charge on any atom is -0.389 e. The number of carbonyl (C=O) groups is 2. The number of Topliss-reactive ketones (excluding diaryl/α,β-unsaturated/α-hetero) is 1. The van der Waals surface area contributed by atoms with Crippen LogP contribution in [0.4, 0.5) is 8.78 Å². The van der Waals surface area contributed by atoms with Gasteiger partial charge in [-0.2, -0.15) is 0 Å². The summed E-state index contributed by atoms with van der Waals surface area (Å²) in [6, 6.07) is 0. The predicted molar refractivity (Wildman–Crippen MR) is 102 cm³/mol. The van der Waals surface area contributed by atoms with Crippen molar-refractivity contribution < 1.29 is 23.5 Å². The normalized spacial score (nSPS) is 52.5. The first-order chi connectivity index (χ1) is 13.0. The number of hydrogen-bond donors (Lipinski definition) is 1. The number of halogens is 3. The van der Waals surface area contributed by atoms with E-state index in [1.807, 2.05) is 13.8 Å². The first kappa shape index (κ1) is 20.2. The van der Waals surface area contributed by atoms with Gasteiger partial charge < -0.3 is 5.11 Å². The Morgan fingerprint density at radius 3 is 2.61 bits per heavy atom. The third-order valence-electron chi connectivity index (χ3n) is 8.43. The molecule has 154 valence electrons. The van der Waals surface area contributed by atoms with E-state index >= 15 is 8.78 Å². The number of ketones is 2. The Balaban J connectivity index is 1.84. The van der Waals surface area contributed by atoms with Crippen molar-refractivity contribution >= 4 is 23.2 Å². The minimum absolute atomic E-state index is 0.0212. The molecule has 0 amide bonds. The molecule has 1 N–H and O–H groups in total. The molecule has 0 aliphatic heterocycles. The second-order valence-corrected chi connectivity index (χ2v) is 10.3. The first-order valence-electron chi connectivity index (χ1n) is 10.1. The van der Waals surface area contributed by atoms with Crippen molar-refractivity contribution in [1.29, 1.82) is 0 Å². The maximum atomic E-state index is 15.9. The summed E-state index contributed by atoms with van der Waals surface area (Å²) >= 11 is 7.11. The summed E-state index contributed by atoms with van der Waals surface area (Å²) in [5.74, 6) is -1.62. The fraction of sp³-hybridized carbons (Fsp3) is 0.727. The van der Waals surface area contributed by atoms with Crippen molar-refractivity contribution in [3.63, 3.8) is 0 Å². The van der Waals surface area contributed by atoms with Crippen LogP contribution in [0.5, 0.6) is 0 Å². The lowest BCUT2D eigenvalue weighted by atomic mass is 9.46. The van der Waals surface area contributed by atoms with E-state index in [-0.39, 0.29) is 41.8 Å². The van der Waals surface area contributed by atoms with Gasteiger partial charge in [0.05, 0.1) is 4.87 Å². The van der Waals surface area contributed by atoms with Gasteiger partial charge in [0.1, 0.15) is 19.0 Å². The number of rotatable bonds is 2. The van der Waals surface area contributed by atoms with E-state index in [0.717, 1.165) is 0 Å². The molecule has 0 bridgehead atoms. The van der Waals surface area contributed by atoms with Gasteiger partial charge >= 0.3 is 0 Å². The average Bonchev–Trinajstić information content (AvgIpc) is 2.89. The van der Waals surface area contributed by atoms with Crippen LogP contribution in [0.25, 0.3) is 0 Å². The van der Waals surface area contributed by atoms with Gasteiger partial charge in [0, 0.05) is 11.3 Å².